The maximum absolute atomic E-state index is 4.56. The van der Waals surface area contributed by atoms with Crippen molar-refractivity contribution in [3.05, 3.63) is 18.3 Å². The van der Waals surface area contributed by atoms with E-state index in [4.69, 9.17) is 0 Å². The minimum absolute atomic E-state index is 0.530. The maximum atomic E-state index is 4.56. The summed E-state index contributed by atoms with van der Waals surface area (Å²) < 4.78 is 0. The average molecular weight is 288 g/mol. The molecule has 21 heavy (non-hydrogen) atoms. The van der Waals surface area contributed by atoms with Crippen LogP contribution < -0.4 is 0 Å². The molecule has 1 unspecified atom stereocenters. The molecule has 2 aromatic rings. The first kappa shape index (κ1) is 15.9. The van der Waals surface area contributed by atoms with Gasteiger partial charge in [-0.15, -0.1) is 0 Å². The normalized spacial score (nSPS) is 12.9. The van der Waals surface area contributed by atoms with E-state index < -0.39 is 0 Å². The Morgan fingerprint density at radius 1 is 0.905 bits per heavy atom. The monoisotopic (exact) mass is 288 g/mol. The van der Waals surface area contributed by atoms with Gasteiger partial charge in [-0.25, -0.2) is 15.0 Å². The van der Waals surface area contributed by atoms with Crippen molar-refractivity contribution < 1.29 is 0 Å². The van der Waals surface area contributed by atoms with Crippen molar-refractivity contribution in [2.45, 2.75) is 77.6 Å². The molecule has 1 N–H and O–H groups in total. The first-order valence-corrected chi connectivity index (χ1v) is 8.50. The molecule has 0 amide bonds. The molecule has 0 saturated carbocycles. The highest BCUT2D eigenvalue weighted by molar-refractivity contribution is 5.72. The lowest BCUT2D eigenvalue weighted by molar-refractivity contribution is 0.495. The van der Waals surface area contributed by atoms with Crippen LogP contribution in [-0.2, 0) is 0 Å². The number of unbranched alkanes of at least 4 members (excludes halogenated alkanes) is 5. The zero-order valence-electron chi connectivity index (χ0n) is 13.4. The third-order valence-electron chi connectivity index (χ3n) is 4.19. The molecule has 0 radical (unpaired) electrons. The fourth-order valence-corrected chi connectivity index (χ4v) is 2.96. The number of fused-ring (bicyclic) bond motifs is 1. The largest absolute Gasteiger partial charge is 0.329 e. The van der Waals surface area contributed by atoms with Crippen LogP contribution in [0.25, 0.3) is 11.2 Å². The van der Waals surface area contributed by atoms with Gasteiger partial charge < -0.3 is 4.98 Å². The van der Waals surface area contributed by atoms with Gasteiger partial charge in [-0.05, 0) is 12.8 Å². The molecule has 0 spiro atoms. The zero-order valence-corrected chi connectivity index (χ0v) is 13.4. The minimum Gasteiger partial charge on any atom is -0.329 e. The predicted octanol–water partition coefficient (Wildman–Crippen LogP) is 4.99. The van der Waals surface area contributed by atoms with Gasteiger partial charge in [-0.2, -0.15) is 0 Å². The van der Waals surface area contributed by atoms with E-state index in [1.165, 1.54) is 57.8 Å². The Labute approximate surface area is 127 Å². The molecule has 0 aromatic carbocycles. The molecular weight excluding hydrogens is 260 g/mol. The van der Waals surface area contributed by atoms with E-state index >= 15 is 0 Å². The lowest BCUT2D eigenvalue weighted by Gasteiger charge is -2.16. The van der Waals surface area contributed by atoms with Crippen LogP contribution in [0.1, 0.15) is 83.2 Å². The molecule has 2 aromatic heterocycles. The molecule has 0 aliphatic heterocycles. The van der Waals surface area contributed by atoms with Crippen molar-refractivity contribution >= 4 is 11.2 Å². The molecular formula is C17H28N4. The van der Waals surface area contributed by atoms with E-state index in [9.17, 15) is 0 Å². The van der Waals surface area contributed by atoms with E-state index in [1.54, 1.807) is 12.7 Å². The number of aromatic nitrogens is 4. The lowest BCUT2D eigenvalue weighted by atomic mass is 9.91. The van der Waals surface area contributed by atoms with E-state index in [2.05, 4.69) is 33.8 Å². The van der Waals surface area contributed by atoms with E-state index in [0.717, 1.165) is 16.9 Å². The highest BCUT2D eigenvalue weighted by atomic mass is 15.0. The Morgan fingerprint density at radius 2 is 1.62 bits per heavy atom. The highest BCUT2D eigenvalue weighted by Gasteiger charge is 2.17. The molecule has 0 fully saturated rings. The van der Waals surface area contributed by atoms with Crippen LogP contribution in [0.2, 0.25) is 0 Å². The van der Waals surface area contributed by atoms with Crippen molar-refractivity contribution in [1.29, 1.82) is 0 Å². The van der Waals surface area contributed by atoms with Gasteiger partial charge >= 0.3 is 0 Å². The molecule has 4 nitrogen and oxygen atoms in total. The molecule has 1 atom stereocenters. The van der Waals surface area contributed by atoms with Crippen molar-refractivity contribution in [1.82, 2.24) is 19.9 Å². The standard InChI is InChI=1S/C17H28N4/c1-3-5-7-9-11-14(10-8-6-4-2)15-16-17(20-12-18-15)21-13-19-16/h12-14H,3-11H2,1-2H3,(H,18,19,20,21). The van der Waals surface area contributed by atoms with Gasteiger partial charge in [0.25, 0.3) is 0 Å². The molecule has 0 aliphatic rings. The number of hydrogen-bond donors (Lipinski definition) is 1. The van der Waals surface area contributed by atoms with Crippen LogP contribution >= 0.6 is 0 Å². The molecule has 0 aliphatic carbocycles. The number of aromatic amines is 1. The van der Waals surface area contributed by atoms with Gasteiger partial charge in [0.15, 0.2) is 5.65 Å². The first-order valence-electron chi connectivity index (χ1n) is 8.50. The number of H-pyrrole nitrogens is 1. The Kier molecular flexibility index (Phi) is 6.64. The second-order valence-electron chi connectivity index (χ2n) is 5.90. The predicted molar refractivity (Wildman–Crippen MR) is 87.3 cm³/mol. The second kappa shape index (κ2) is 8.75. The van der Waals surface area contributed by atoms with Crippen molar-refractivity contribution in [3.8, 4) is 0 Å². The van der Waals surface area contributed by atoms with Gasteiger partial charge in [0.2, 0.25) is 0 Å². The summed E-state index contributed by atoms with van der Waals surface area (Å²) in [6, 6.07) is 0. The summed E-state index contributed by atoms with van der Waals surface area (Å²) in [5.41, 5.74) is 2.98. The molecule has 116 valence electrons. The third-order valence-corrected chi connectivity index (χ3v) is 4.19. The summed E-state index contributed by atoms with van der Waals surface area (Å²) in [6.45, 7) is 4.52. The number of imidazole rings is 1. The Bertz CT molecular complexity index is 520. The molecule has 2 heterocycles. The fourth-order valence-electron chi connectivity index (χ4n) is 2.96. The topological polar surface area (TPSA) is 54.5 Å². The highest BCUT2D eigenvalue weighted by Crippen LogP contribution is 2.30. The van der Waals surface area contributed by atoms with Crippen LogP contribution in [0, 0.1) is 0 Å². The summed E-state index contributed by atoms with van der Waals surface area (Å²) in [5.74, 6) is 0.530. The van der Waals surface area contributed by atoms with E-state index in [-0.39, 0.29) is 0 Å². The summed E-state index contributed by atoms with van der Waals surface area (Å²) in [6.07, 6.45) is 15.0. The SMILES string of the molecule is CCCCCCC(CCCCC)c1ncnc2[nH]cnc12. The first-order chi connectivity index (χ1) is 10.4. The Morgan fingerprint density at radius 3 is 2.38 bits per heavy atom. The molecule has 4 heteroatoms. The molecule has 0 saturated heterocycles. The zero-order chi connectivity index (χ0) is 14.9. The number of nitrogens with one attached hydrogen (secondary N) is 1. The van der Waals surface area contributed by atoms with Gasteiger partial charge in [0, 0.05) is 5.92 Å². The van der Waals surface area contributed by atoms with Crippen molar-refractivity contribution in [2.24, 2.45) is 0 Å². The number of rotatable bonds is 10. The van der Waals surface area contributed by atoms with Crippen LogP contribution in [0.15, 0.2) is 12.7 Å². The maximum Gasteiger partial charge on any atom is 0.160 e. The second-order valence-corrected chi connectivity index (χ2v) is 5.90. The van der Waals surface area contributed by atoms with E-state index in [1.807, 2.05) is 0 Å². The van der Waals surface area contributed by atoms with Gasteiger partial charge in [0.05, 0.1) is 12.0 Å². The average Bonchev–Trinajstić information content (AvgIpc) is 2.98. The van der Waals surface area contributed by atoms with Crippen LogP contribution in [0.4, 0.5) is 0 Å². The van der Waals surface area contributed by atoms with Crippen LogP contribution in [-0.4, -0.2) is 19.9 Å². The van der Waals surface area contributed by atoms with Crippen molar-refractivity contribution in [2.75, 3.05) is 0 Å². The summed E-state index contributed by atoms with van der Waals surface area (Å²) >= 11 is 0. The quantitative estimate of drug-likeness (QED) is 0.627. The Balaban J connectivity index is 2.07. The Hall–Kier alpha value is -1.45. The smallest absolute Gasteiger partial charge is 0.160 e. The molecule has 2 rings (SSSR count). The number of hydrogen-bond acceptors (Lipinski definition) is 3. The minimum atomic E-state index is 0.530. The van der Waals surface area contributed by atoms with Crippen LogP contribution in [0.5, 0.6) is 0 Å². The number of nitrogens with zero attached hydrogens (tertiary/aromatic N) is 3. The lowest BCUT2D eigenvalue weighted by Crippen LogP contribution is -2.04. The summed E-state index contributed by atoms with van der Waals surface area (Å²) in [5, 5.41) is 0. The van der Waals surface area contributed by atoms with Gasteiger partial charge in [-0.1, -0.05) is 58.8 Å². The summed E-state index contributed by atoms with van der Waals surface area (Å²) in [4.78, 5) is 16.4. The van der Waals surface area contributed by atoms with Crippen LogP contribution in [0.3, 0.4) is 0 Å². The fraction of sp³-hybridized carbons (Fsp3) is 0.706. The van der Waals surface area contributed by atoms with Gasteiger partial charge in [0.1, 0.15) is 11.8 Å². The van der Waals surface area contributed by atoms with E-state index in [0.29, 0.717) is 5.92 Å². The summed E-state index contributed by atoms with van der Waals surface area (Å²) in [7, 11) is 0. The van der Waals surface area contributed by atoms with Crippen molar-refractivity contribution in [3.63, 3.8) is 0 Å². The third kappa shape index (κ3) is 4.51. The molecule has 0 bridgehead atoms. The van der Waals surface area contributed by atoms with Gasteiger partial charge in [-0.3, -0.25) is 0 Å².